The minimum absolute atomic E-state index is 0.178. The molecule has 0 saturated carbocycles. The molecule has 0 amide bonds. The summed E-state index contributed by atoms with van der Waals surface area (Å²) in [5.74, 6) is 1.03. The van der Waals surface area contributed by atoms with Gasteiger partial charge in [0.1, 0.15) is 5.75 Å². The number of carbonyl (C=O) groups is 1. The molecule has 0 spiro atoms. The summed E-state index contributed by atoms with van der Waals surface area (Å²) in [5, 5.41) is 0. The monoisotopic (exact) mass is 742 g/mol. The van der Waals surface area contributed by atoms with Gasteiger partial charge in [-0.15, -0.1) is 0 Å². The van der Waals surface area contributed by atoms with Crippen LogP contribution >= 0.6 is 59.1 Å². The van der Waals surface area contributed by atoms with Crippen LogP contribution in [0.5, 0.6) is 17.2 Å². The molecule has 2 heterocycles. The van der Waals surface area contributed by atoms with Crippen LogP contribution in [-0.4, -0.2) is 38.0 Å². The van der Waals surface area contributed by atoms with Gasteiger partial charge in [-0.3, -0.25) is 9.36 Å². The molecule has 12 heteroatoms. The van der Waals surface area contributed by atoms with Crippen molar-refractivity contribution in [3.8, 4) is 17.2 Å². The van der Waals surface area contributed by atoms with E-state index in [0.29, 0.717) is 54.5 Å². The van der Waals surface area contributed by atoms with Crippen LogP contribution in [-0.2, 0) is 9.53 Å². The molecule has 0 unspecified atom stereocenters. The zero-order chi connectivity index (χ0) is 28.4. The Morgan fingerprint density at radius 1 is 1.05 bits per heavy atom. The number of allylic oxidation sites excluding steroid dienone is 1. The number of carbonyl (C=O) groups excluding carboxylic acids is 1. The molecule has 1 aliphatic rings. The first kappa shape index (κ1) is 29.6. The van der Waals surface area contributed by atoms with E-state index in [9.17, 15) is 9.59 Å². The van der Waals surface area contributed by atoms with E-state index in [-0.39, 0.29) is 17.7 Å². The SMILES string of the molecule is CCOC(=O)C1=C(C)N=c2s/c(=C\c3cc(Br)cc(Br)c3OCC)c(=O)n2[C@H]1c1cc(OC)c(OC)cc1Br. The largest absolute Gasteiger partial charge is 0.493 e. The van der Waals surface area contributed by atoms with E-state index >= 15 is 0 Å². The van der Waals surface area contributed by atoms with E-state index in [2.05, 4.69) is 52.8 Å². The molecule has 0 radical (unpaired) electrons. The maximum atomic E-state index is 14.0. The number of halogens is 3. The van der Waals surface area contributed by atoms with Crippen molar-refractivity contribution in [1.82, 2.24) is 4.57 Å². The summed E-state index contributed by atoms with van der Waals surface area (Å²) < 4.78 is 26.4. The lowest BCUT2D eigenvalue weighted by Crippen LogP contribution is -2.40. The van der Waals surface area contributed by atoms with E-state index in [0.717, 1.165) is 8.95 Å². The molecule has 206 valence electrons. The second kappa shape index (κ2) is 12.4. The fourth-order valence-corrected chi connectivity index (χ4v) is 7.24. The van der Waals surface area contributed by atoms with Gasteiger partial charge in [0.25, 0.3) is 5.56 Å². The van der Waals surface area contributed by atoms with E-state index in [1.165, 1.54) is 30.1 Å². The van der Waals surface area contributed by atoms with Crippen molar-refractivity contribution < 1.29 is 23.7 Å². The van der Waals surface area contributed by atoms with Gasteiger partial charge in [0, 0.05) is 14.5 Å². The fraction of sp³-hybridized carbons (Fsp3) is 0.296. The minimum atomic E-state index is -0.822. The Bertz CT molecular complexity index is 1660. The maximum Gasteiger partial charge on any atom is 0.338 e. The zero-order valence-electron chi connectivity index (χ0n) is 21.8. The third-order valence-corrected chi connectivity index (χ3v) is 8.64. The second-order valence-corrected chi connectivity index (χ2v) is 11.9. The minimum Gasteiger partial charge on any atom is -0.493 e. The molecule has 1 aliphatic heterocycles. The summed E-state index contributed by atoms with van der Waals surface area (Å²) in [5.41, 5.74) is 1.77. The fourth-order valence-electron chi connectivity index (χ4n) is 4.29. The van der Waals surface area contributed by atoms with Crippen molar-refractivity contribution in [3.05, 3.63) is 79.8 Å². The number of esters is 1. The maximum absolute atomic E-state index is 14.0. The number of ether oxygens (including phenoxy) is 4. The van der Waals surface area contributed by atoms with Crippen molar-refractivity contribution in [2.45, 2.75) is 26.8 Å². The highest BCUT2D eigenvalue weighted by Gasteiger charge is 2.35. The van der Waals surface area contributed by atoms with Gasteiger partial charge in [0.2, 0.25) is 0 Å². The molecular weight excluding hydrogens is 720 g/mol. The third-order valence-electron chi connectivity index (χ3n) is 5.93. The average Bonchev–Trinajstić information content (AvgIpc) is 3.19. The number of benzene rings is 2. The normalized spacial score (nSPS) is 15.1. The van der Waals surface area contributed by atoms with Crippen LogP contribution in [0.15, 0.2) is 58.7 Å². The van der Waals surface area contributed by atoms with Crippen molar-refractivity contribution in [3.63, 3.8) is 0 Å². The molecule has 0 N–H and O–H groups in total. The van der Waals surface area contributed by atoms with Crippen LogP contribution in [0.2, 0.25) is 0 Å². The van der Waals surface area contributed by atoms with Crippen LogP contribution in [0.3, 0.4) is 0 Å². The van der Waals surface area contributed by atoms with E-state index in [1.807, 2.05) is 19.1 Å². The molecule has 2 aromatic carbocycles. The van der Waals surface area contributed by atoms with Crippen LogP contribution < -0.4 is 29.1 Å². The number of fused-ring (bicyclic) bond motifs is 1. The van der Waals surface area contributed by atoms with Crippen LogP contribution in [0, 0.1) is 0 Å². The Balaban J connectivity index is 2.03. The molecule has 1 atom stereocenters. The lowest BCUT2D eigenvalue weighted by molar-refractivity contribution is -0.139. The number of rotatable bonds is 8. The highest BCUT2D eigenvalue weighted by atomic mass is 79.9. The van der Waals surface area contributed by atoms with Crippen molar-refractivity contribution in [2.75, 3.05) is 27.4 Å². The molecule has 39 heavy (non-hydrogen) atoms. The van der Waals surface area contributed by atoms with Crippen LogP contribution in [0.4, 0.5) is 0 Å². The Morgan fingerprint density at radius 2 is 1.74 bits per heavy atom. The molecule has 8 nitrogen and oxygen atoms in total. The van der Waals surface area contributed by atoms with E-state index in [1.54, 1.807) is 32.1 Å². The summed E-state index contributed by atoms with van der Waals surface area (Å²) >= 11 is 11.9. The van der Waals surface area contributed by atoms with Gasteiger partial charge in [-0.1, -0.05) is 43.2 Å². The standard InChI is InChI=1S/C27H25Br3N2O6S/c1-6-37-24-14(8-15(28)10-18(24)30)9-21-25(33)32-23(16-11-19(35-4)20(36-5)12-17(16)29)22(26(34)38-7-2)13(3)31-27(32)39-21/h8-12,23H,6-7H2,1-5H3/b21-9-/t23-/m0/s1. The van der Waals surface area contributed by atoms with Gasteiger partial charge < -0.3 is 18.9 Å². The number of methoxy groups -OCH3 is 2. The summed E-state index contributed by atoms with van der Waals surface area (Å²) in [6.07, 6.45) is 1.77. The Kier molecular flexibility index (Phi) is 9.41. The lowest BCUT2D eigenvalue weighted by Gasteiger charge is -2.26. The third kappa shape index (κ3) is 5.75. The summed E-state index contributed by atoms with van der Waals surface area (Å²) in [7, 11) is 3.07. The number of aromatic nitrogens is 1. The Labute approximate surface area is 254 Å². The van der Waals surface area contributed by atoms with Crippen LogP contribution in [0.25, 0.3) is 6.08 Å². The van der Waals surface area contributed by atoms with Gasteiger partial charge in [0.05, 0.1) is 53.8 Å². The second-order valence-electron chi connectivity index (χ2n) is 8.27. The van der Waals surface area contributed by atoms with E-state index < -0.39 is 12.0 Å². The first-order valence-electron chi connectivity index (χ1n) is 11.9. The molecule has 1 aromatic heterocycles. The highest BCUT2D eigenvalue weighted by Crippen LogP contribution is 2.41. The molecule has 0 saturated heterocycles. The lowest BCUT2D eigenvalue weighted by atomic mass is 9.95. The molecule has 3 aromatic rings. The summed E-state index contributed by atoms with van der Waals surface area (Å²) in [6, 6.07) is 6.44. The van der Waals surface area contributed by atoms with Gasteiger partial charge in [-0.05, 0) is 72.6 Å². The number of hydrogen-bond donors (Lipinski definition) is 0. The number of hydrogen-bond acceptors (Lipinski definition) is 8. The Morgan fingerprint density at radius 3 is 2.38 bits per heavy atom. The Hall–Kier alpha value is -2.41. The van der Waals surface area contributed by atoms with Gasteiger partial charge in [-0.25, -0.2) is 9.79 Å². The highest BCUT2D eigenvalue weighted by molar-refractivity contribution is 9.11. The first-order valence-corrected chi connectivity index (χ1v) is 15.1. The average molecular weight is 745 g/mol. The summed E-state index contributed by atoms with van der Waals surface area (Å²) in [4.78, 5) is 32.4. The van der Waals surface area contributed by atoms with Gasteiger partial charge >= 0.3 is 5.97 Å². The molecule has 0 aliphatic carbocycles. The molecule has 4 rings (SSSR count). The number of thiazole rings is 1. The molecular formula is C27H25Br3N2O6S. The zero-order valence-corrected chi connectivity index (χ0v) is 27.3. The van der Waals surface area contributed by atoms with Crippen molar-refractivity contribution in [2.24, 2.45) is 4.99 Å². The van der Waals surface area contributed by atoms with Crippen LogP contribution in [0.1, 0.15) is 37.9 Å². The molecule has 0 bridgehead atoms. The number of nitrogens with zero attached hydrogens (tertiary/aromatic N) is 2. The molecule has 0 fully saturated rings. The predicted octanol–water partition coefficient (Wildman–Crippen LogP) is 5.50. The topological polar surface area (TPSA) is 88.4 Å². The van der Waals surface area contributed by atoms with Gasteiger partial charge in [-0.2, -0.15) is 0 Å². The van der Waals surface area contributed by atoms with Crippen molar-refractivity contribution >= 4 is 71.2 Å². The summed E-state index contributed by atoms with van der Waals surface area (Å²) in [6.45, 7) is 6.00. The van der Waals surface area contributed by atoms with Gasteiger partial charge in [0.15, 0.2) is 16.3 Å². The van der Waals surface area contributed by atoms with Crippen molar-refractivity contribution in [1.29, 1.82) is 0 Å². The van der Waals surface area contributed by atoms with E-state index in [4.69, 9.17) is 18.9 Å². The quantitative estimate of drug-likeness (QED) is 0.283. The predicted molar refractivity (Wildman–Crippen MR) is 161 cm³/mol. The first-order chi connectivity index (χ1) is 18.6. The smallest absolute Gasteiger partial charge is 0.338 e.